The van der Waals surface area contributed by atoms with Gasteiger partial charge in [-0.15, -0.1) is 34.2 Å². The van der Waals surface area contributed by atoms with Crippen molar-refractivity contribution in [2.24, 2.45) is 10.9 Å². The van der Waals surface area contributed by atoms with E-state index in [-0.39, 0.29) is 24.0 Å². The number of aromatic nitrogens is 3. The number of nitrogens with one attached hydrogen (secondary N) is 1. The van der Waals surface area contributed by atoms with Gasteiger partial charge in [0.05, 0.1) is 6.54 Å². The molecule has 6 nitrogen and oxygen atoms in total. The zero-order valence-electron chi connectivity index (χ0n) is 15.1. The standard InChI is InChI=1S/C18H26N6.HI/c1-14-21-22-17-10-9-16(13-24(14)17)12-20-18(23(2)3)19-11-15-7-5-4-6-8-15;/h4-8,16H,9-13H2,1-3H3,(H,19,20);1H. The van der Waals surface area contributed by atoms with Crippen LogP contribution in [0.1, 0.15) is 23.6 Å². The largest absolute Gasteiger partial charge is 0.356 e. The van der Waals surface area contributed by atoms with Crippen LogP contribution in [0.25, 0.3) is 0 Å². The van der Waals surface area contributed by atoms with E-state index in [1.807, 2.05) is 32.0 Å². The number of benzene rings is 1. The number of fused-ring (bicyclic) bond motifs is 1. The summed E-state index contributed by atoms with van der Waals surface area (Å²) in [5.74, 6) is 3.65. The summed E-state index contributed by atoms with van der Waals surface area (Å²) in [6, 6.07) is 10.3. The Morgan fingerprint density at radius 2 is 2.04 bits per heavy atom. The lowest BCUT2D eigenvalue weighted by Gasteiger charge is -2.26. The van der Waals surface area contributed by atoms with Gasteiger partial charge in [-0.3, -0.25) is 0 Å². The van der Waals surface area contributed by atoms with Gasteiger partial charge < -0.3 is 14.8 Å². The summed E-state index contributed by atoms with van der Waals surface area (Å²) in [5.41, 5.74) is 1.22. The first-order valence-electron chi connectivity index (χ1n) is 8.51. The smallest absolute Gasteiger partial charge is 0.193 e. The van der Waals surface area contributed by atoms with Crippen LogP contribution in [-0.4, -0.2) is 46.3 Å². The second-order valence-corrected chi connectivity index (χ2v) is 6.58. The molecule has 1 unspecified atom stereocenters. The first-order chi connectivity index (χ1) is 11.6. The molecule has 1 N–H and O–H groups in total. The number of hydrogen-bond acceptors (Lipinski definition) is 3. The van der Waals surface area contributed by atoms with E-state index >= 15 is 0 Å². The fourth-order valence-corrected chi connectivity index (χ4v) is 3.04. The number of aliphatic imine (C=N–C) groups is 1. The molecule has 0 bridgehead atoms. The molecule has 0 saturated carbocycles. The van der Waals surface area contributed by atoms with Gasteiger partial charge in [0.25, 0.3) is 0 Å². The molecule has 25 heavy (non-hydrogen) atoms. The minimum absolute atomic E-state index is 0. The Morgan fingerprint density at radius 1 is 1.28 bits per heavy atom. The highest BCUT2D eigenvalue weighted by Crippen LogP contribution is 2.19. The maximum atomic E-state index is 4.73. The number of hydrogen-bond donors (Lipinski definition) is 1. The summed E-state index contributed by atoms with van der Waals surface area (Å²) in [6.07, 6.45) is 2.15. The lowest BCUT2D eigenvalue weighted by molar-refractivity contribution is 0.355. The Kier molecular flexibility index (Phi) is 7.22. The molecule has 0 spiro atoms. The van der Waals surface area contributed by atoms with Crippen molar-refractivity contribution in [1.82, 2.24) is 25.0 Å². The van der Waals surface area contributed by atoms with Crippen LogP contribution in [0.3, 0.4) is 0 Å². The maximum absolute atomic E-state index is 4.73. The van der Waals surface area contributed by atoms with Gasteiger partial charge in [-0.1, -0.05) is 30.3 Å². The Bertz CT molecular complexity index is 695. The minimum Gasteiger partial charge on any atom is -0.356 e. The molecular formula is C18H27IN6. The molecule has 136 valence electrons. The fourth-order valence-electron chi connectivity index (χ4n) is 3.04. The normalized spacial score (nSPS) is 16.8. The van der Waals surface area contributed by atoms with E-state index in [4.69, 9.17) is 4.99 Å². The number of halogens is 1. The zero-order valence-corrected chi connectivity index (χ0v) is 17.5. The summed E-state index contributed by atoms with van der Waals surface area (Å²) in [5, 5.41) is 11.9. The Balaban J connectivity index is 0.00000225. The predicted octanol–water partition coefficient (Wildman–Crippen LogP) is 2.47. The molecule has 0 aliphatic carbocycles. The van der Waals surface area contributed by atoms with Crippen LogP contribution in [0.5, 0.6) is 0 Å². The number of rotatable bonds is 4. The monoisotopic (exact) mass is 454 g/mol. The fraction of sp³-hybridized carbons (Fsp3) is 0.500. The molecule has 0 saturated heterocycles. The molecule has 2 heterocycles. The zero-order chi connectivity index (χ0) is 16.9. The molecule has 1 atom stereocenters. The van der Waals surface area contributed by atoms with Crippen LogP contribution in [0.15, 0.2) is 35.3 Å². The van der Waals surface area contributed by atoms with Crippen molar-refractivity contribution < 1.29 is 0 Å². The summed E-state index contributed by atoms with van der Waals surface area (Å²) < 4.78 is 2.24. The highest BCUT2D eigenvalue weighted by atomic mass is 127. The third kappa shape index (κ3) is 5.17. The highest BCUT2D eigenvalue weighted by Gasteiger charge is 2.21. The lowest BCUT2D eigenvalue weighted by atomic mass is 9.99. The first-order valence-corrected chi connectivity index (χ1v) is 8.51. The molecule has 0 radical (unpaired) electrons. The molecule has 0 amide bonds. The lowest BCUT2D eigenvalue weighted by Crippen LogP contribution is -2.40. The van der Waals surface area contributed by atoms with E-state index in [0.29, 0.717) is 12.5 Å². The van der Waals surface area contributed by atoms with Gasteiger partial charge in [0.2, 0.25) is 0 Å². The van der Waals surface area contributed by atoms with Crippen LogP contribution in [0.4, 0.5) is 0 Å². The third-order valence-electron chi connectivity index (χ3n) is 4.46. The molecule has 0 fully saturated rings. The number of nitrogens with zero attached hydrogens (tertiary/aromatic N) is 5. The van der Waals surface area contributed by atoms with Gasteiger partial charge in [-0.05, 0) is 24.8 Å². The van der Waals surface area contributed by atoms with Crippen LogP contribution >= 0.6 is 24.0 Å². The summed E-state index contributed by atoms with van der Waals surface area (Å²) in [4.78, 5) is 6.77. The quantitative estimate of drug-likeness (QED) is 0.438. The van der Waals surface area contributed by atoms with Gasteiger partial charge in [-0.2, -0.15) is 0 Å². The van der Waals surface area contributed by atoms with E-state index in [1.54, 1.807) is 0 Å². The molecule has 3 rings (SSSR count). The number of aryl methyl sites for hydroxylation is 2. The van der Waals surface area contributed by atoms with Crippen molar-refractivity contribution in [2.45, 2.75) is 32.9 Å². The van der Waals surface area contributed by atoms with E-state index in [1.165, 1.54) is 5.56 Å². The summed E-state index contributed by atoms with van der Waals surface area (Å²) in [6.45, 7) is 4.63. The van der Waals surface area contributed by atoms with Crippen LogP contribution in [0.2, 0.25) is 0 Å². The Morgan fingerprint density at radius 3 is 2.76 bits per heavy atom. The van der Waals surface area contributed by atoms with Crippen molar-refractivity contribution in [1.29, 1.82) is 0 Å². The molecule has 7 heteroatoms. The van der Waals surface area contributed by atoms with Gasteiger partial charge in [0.1, 0.15) is 11.6 Å². The van der Waals surface area contributed by atoms with Crippen molar-refractivity contribution in [3.8, 4) is 0 Å². The Labute approximate surface area is 166 Å². The molecule has 2 aromatic rings. The van der Waals surface area contributed by atoms with Crippen molar-refractivity contribution >= 4 is 29.9 Å². The first kappa shape index (κ1) is 19.7. The van der Waals surface area contributed by atoms with Gasteiger partial charge >= 0.3 is 0 Å². The van der Waals surface area contributed by atoms with Crippen molar-refractivity contribution in [2.75, 3.05) is 20.6 Å². The topological polar surface area (TPSA) is 58.3 Å². The van der Waals surface area contributed by atoms with Crippen LogP contribution < -0.4 is 5.32 Å². The molecule has 1 aliphatic heterocycles. The molecule has 1 aromatic heterocycles. The van der Waals surface area contributed by atoms with Crippen LogP contribution in [-0.2, 0) is 19.5 Å². The molecule has 1 aliphatic rings. The average Bonchev–Trinajstić information content (AvgIpc) is 2.96. The second-order valence-electron chi connectivity index (χ2n) is 6.58. The van der Waals surface area contributed by atoms with E-state index in [9.17, 15) is 0 Å². The van der Waals surface area contributed by atoms with Gasteiger partial charge in [-0.25, -0.2) is 4.99 Å². The van der Waals surface area contributed by atoms with E-state index in [0.717, 1.165) is 43.5 Å². The third-order valence-corrected chi connectivity index (χ3v) is 4.46. The van der Waals surface area contributed by atoms with Gasteiger partial charge in [0.15, 0.2) is 5.96 Å². The maximum Gasteiger partial charge on any atom is 0.193 e. The highest BCUT2D eigenvalue weighted by molar-refractivity contribution is 14.0. The van der Waals surface area contributed by atoms with Gasteiger partial charge in [0, 0.05) is 33.6 Å². The predicted molar refractivity (Wildman–Crippen MR) is 111 cm³/mol. The van der Waals surface area contributed by atoms with Crippen molar-refractivity contribution in [3.05, 3.63) is 47.5 Å². The number of guanidine groups is 1. The van der Waals surface area contributed by atoms with E-state index in [2.05, 4.69) is 44.3 Å². The average molecular weight is 454 g/mol. The van der Waals surface area contributed by atoms with E-state index < -0.39 is 0 Å². The second kappa shape index (κ2) is 9.17. The minimum atomic E-state index is 0. The SMILES string of the molecule is Cc1nnc2n1CC(CNC(=NCc1ccccc1)N(C)C)CC2.I. The van der Waals surface area contributed by atoms with Crippen molar-refractivity contribution in [3.63, 3.8) is 0 Å². The molecular weight excluding hydrogens is 427 g/mol. The molecule has 1 aromatic carbocycles. The Hall–Kier alpha value is -1.64. The summed E-state index contributed by atoms with van der Waals surface area (Å²) >= 11 is 0. The van der Waals surface area contributed by atoms with Crippen LogP contribution in [0, 0.1) is 12.8 Å². The summed E-state index contributed by atoms with van der Waals surface area (Å²) in [7, 11) is 4.06.